The molecule has 4 nitrogen and oxygen atoms in total. The number of hydrogen-bond donors (Lipinski definition) is 0. The molecule has 0 bridgehead atoms. The normalized spacial score (nSPS) is 11.1. The lowest BCUT2D eigenvalue weighted by Gasteiger charge is -2.01. The van der Waals surface area contributed by atoms with E-state index in [9.17, 15) is 4.39 Å². The molecule has 3 rings (SSSR count). The van der Waals surface area contributed by atoms with Crippen LogP contribution in [0.1, 0.15) is 5.56 Å². The molecule has 0 amide bonds. The van der Waals surface area contributed by atoms with Gasteiger partial charge in [0.15, 0.2) is 0 Å². The number of thioether (sulfide) groups is 1. The largest absolute Gasteiger partial charge is 0.253 e. The highest BCUT2D eigenvalue weighted by molar-refractivity contribution is 9.10. The summed E-state index contributed by atoms with van der Waals surface area (Å²) in [5.41, 5.74) is 0.998. The minimum Gasteiger partial charge on any atom is -0.220 e. The molecule has 0 saturated heterocycles. The van der Waals surface area contributed by atoms with E-state index in [0.29, 0.717) is 16.7 Å². The average Bonchev–Trinajstić information content (AvgIpc) is 2.80. The summed E-state index contributed by atoms with van der Waals surface area (Å²) in [7, 11) is 0. The molecule has 0 fully saturated rings. The Morgan fingerprint density at radius 1 is 1.37 bits per heavy atom. The van der Waals surface area contributed by atoms with Crippen molar-refractivity contribution in [1.29, 1.82) is 0 Å². The lowest BCUT2D eigenvalue weighted by molar-refractivity contribution is 0.626. The number of nitrogens with zero attached hydrogens (tertiary/aromatic N) is 4. The van der Waals surface area contributed by atoms with Crippen LogP contribution in [0.3, 0.4) is 0 Å². The van der Waals surface area contributed by atoms with Crippen molar-refractivity contribution >= 4 is 33.5 Å². The predicted molar refractivity (Wildman–Crippen MR) is 74.4 cm³/mol. The molecule has 19 heavy (non-hydrogen) atoms. The summed E-state index contributed by atoms with van der Waals surface area (Å²) in [6, 6.07) is 6.45. The van der Waals surface area contributed by atoms with Crippen LogP contribution < -0.4 is 0 Å². The zero-order chi connectivity index (χ0) is 13.2. The first-order valence-corrected chi connectivity index (χ1v) is 7.24. The quantitative estimate of drug-likeness (QED) is 0.687. The topological polar surface area (TPSA) is 43.1 Å². The highest BCUT2D eigenvalue weighted by Crippen LogP contribution is 2.25. The standard InChI is InChI=1S/C12H8BrFN4S/c13-10-6-9(14)3-2-8(10)7-19-12-16-11-15-4-1-5-18(11)17-12/h1-6H,7H2. The maximum Gasteiger partial charge on any atom is 0.253 e. The second-order valence-electron chi connectivity index (χ2n) is 3.78. The van der Waals surface area contributed by atoms with E-state index in [1.54, 1.807) is 29.0 Å². The van der Waals surface area contributed by atoms with Crippen LogP contribution in [0, 0.1) is 5.82 Å². The third kappa shape index (κ3) is 2.76. The Balaban J connectivity index is 1.78. The third-order valence-electron chi connectivity index (χ3n) is 2.47. The van der Waals surface area contributed by atoms with Gasteiger partial charge in [-0.25, -0.2) is 13.9 Å². The van der Waals surface area contributed by atoms with E-state index < -0.39 is 0 Å². The van der Waals surface area contributed by atoms with E-state index in [1.165, 1.54) is 23.9 Å². The first-order valence-electron chi connectivity index (χ1n) is 5.46. The van der Waals surface area contributed by atoms with Crippen molar-refractivity contribution in [3.8, 4) is 0 Å². The minimum atomic E-state index is -0.254. The second-order valence-corrected chi connectivity index (χ2v) is 5.58. The lowest BCUT2D eigenvalue weighted by atomic mass is 10.2. The lowest BCUT2D eigenvalue weighted by Crippen LogP contribution is -1.87. The predicted octanol–water partition coefficient (Wildman–Crippen LogP) is 3.32. The van der Waals surface area contributed by atoms with Gasteiger partial charge in [0.2, 0.25) is 5.16 Å². The van der Waals surface area contributed by atoms with Crippen LogP contribution in [0.4, 0.5) is 4.39 Å². The summed E-state index contributed by atoms with van der Waals surface area (Å²) in [5, 5.41) is 4.94. The summed E-state index contributed by atoms with van der Waals surface area (Å²) in [6.07, 6.45) is 3.47. The van der Waals surface area contributed by atoms with E-state index in [1.807, 2.05) is 0 Å². The highest BCUT2D eigenvalue weighted by atomic mass is 79.9. The van der Waals surface area contributed by atoms with Gasteiger partial charge in [-0.1, -0.05) is 33.8 Å². The maximum absolute atomic E-state index is 13.0. The van der Waals surface area contributed by atoms with Crippen molar-refractivity contribution < 1.29 is 4.39 Å². The van der Waals surface area contributed by atoms with Gasteiger partial charge in [-0.2, -0.15) is 4.98 Å². The number of hydrogen-bond acceptors (Lipinski definition) is 4. The number of rotatable bonds is 3. The van der Waals surface area contributed by atoms with Crippen molar-refractivity contribution in [2.24, 2.45) is 0 Å². The van der Waals surface area contributed by atoms with E-state index in [0.717, 1.165) is 10.0 Å². The molecule has 0 spiro atoms. The highest BCUT2D eigenvalue weighted by Gasteiger charge is 2.07. The Morgan fingerprint density at radius 3 is 3.05 bits per heavy atom. The Hall–Kier alpha value is -1.47. The van der Waals surface area contributed by atoms with Gasteiger partial charge < -0.3 is 0 Å². The van der Waals surface area contributed by atoms with Crippen LogP contribution in [0.15, 0.2) is 46.3 Å². The summed E-state index contributed by atoms with van der Waals surface area (Å²) >= 11 is 4.83. The Bertz CT molecular complexity index is 698. The van der Waals surface area contributed by atoms with Gasteiger partial charge in [0, 0.05) is 22.6 Å². The van der Waals surface area contributed by atoms with Crippen LogP contribution >= 0.6 is 27.7 Å². The van der Waals surface area contributed by atoms with Gasteiger partial charge in [0.05, 0.1) is 0 Å². The summed E-state index contributed by atoms with van der Waals surface area (Å²) < 4.78 is 15.4. The monoisotopic (exact) mass is 338 g/mol. The van der Waals surface area contributed by atoms with Gasteiger partial charge in [-0.3, -0.25) is 0 Å². The second kappa shape index (κ2) is 5.26. The van der Waals surface area contributed by atoms with Crippen LogP contribution in [-0.2, 0) is 5.75 Å². The molecule has 0 saturated carbocycles. The van der Waals surface area contributed by atoms with Crippen molar-refractivity contribution in [3.63, 3.8) is 0 Å². The van der Waals surface area contributed by atoms with Crippen LogP contribution in [0.2, 0.25) is 0 Å². The van der Waals surface area contributed by atoms with E-state index in [-0.39, 0.29) is 5.82 Å². The van der Waals surface area contributed by atoms with E-state index in [2.05, 4.69) is 31.0 Å². The molecular formula is C12H8BrFN4S. The molecular weight excluding hydrogens is 331 g/mol. The molecule has 0 atom stereocenters. The van der Waals surface area contributed by atoms with E-state index in [4.69, 9.17) is 0 Å². The molecule has 3 aromatic rings. The summed E-state index contributed by atoms with van der Waals surface area (Å²) in [6.45, 7) is 0. The average molecular weight is 339 g/mol. The molecule has 0 aliphatic heterocycles. The van der Waals surface area contributed by atoms with Gasteiger partial charge >= 0.3 is 0 Å². The van der Waals surface area contributed by atoms with Crippen molar-refractivity contribution in [3.05, 3.63) is 52.5 Å². The first kappa shape index (κ1) is 12.6. The fraction of sp³-hybridized carbons (Fsp3) is 0.0833. The number of halogens is 2. The molecule has 1 aromatic carbocycles. The van der Waals surface area contributed by atoms with Crippen molar-refractivity contribution in [2.75, 3.05) is 0 Å². The Morgan fingerprint density at radius 2 is 2.26 bits per heavy atom. The number of benzene rings is 1. The molecule has 2 aromatic heterocycles. The van der Waals surface area contributed by atoms with Gasteiger partial charge in [-0.15, -0.1) is 5.10 Å². The van der Waals surface area contributed by atoms with E-state index >= 15 is 0 Å². The summed E-state index contributed by atoms with van der Waals surface area (Å²) in [5.74, 6) is 0.983. The molecule has 2 heterocycles. The van der Waals surface area contributed by atoms with Gasteiger partial charge in [0.25, 0.3) is 5.78 Å². The van der Waals surface area contributed by atoms with Crippen molar-refractivity contribution in [2.45, 2.75) is 10.9 Å². The molecule has 0 unspecified atom stereocenters. The molecule has 0 N–H and O–H groups in total. The fourth-order valence-corrected chi connectivity index (χ4v) is 3.06. The molecule has 0 aliphatic rings. The van der Waals surface area contributed by atoms with Gasteiger partial charge in [0.1, 0.15) is 5.82 Å². The Labute approximate surface area is 121 Å². The van der Waals surface area contributed by atoms with Crippen LogP contribution in [-0.4, -0.2) is 19.6 Å². The van der Waals surface area contributed by atoms with Crippen molar-refractivity contribution in [1.82, 2.24) is 19.6 Å². The molecule has 0 radical (unpaired) electrons. The fourth-order valence-electron chi connectivity index (χ4n) is 1.56. The Kier molecular flexibility index (Phi) is 3.48. The maximum atomic E-state index is 13.0. The van der Waals surface area contributed by atoms with Crippen LogP contribution in [0.5, 0.6) is 0 Å². The number of aromatic nitrogens is 4. The smallest absolute Gasteiger partial charge is 0.220 e. The third-order valence-corrected chi connectivity index (χ3v) is 4.09. The van der Waals surface area contributed by atoms with Gasteiger partial charge in [-0.05, 0) is 23.8 Å². The zero-order valence-electron chi connectivity index (χ0n) is 9.62. The van der Waals surface area contributed by atoms with Crippen LogP contribution in [0.25, 0.3) is 5.78 Å². The zero-order valence-corrected chi connectivity index (χ0v) is 12.0. The number of fused-ring (bicyclic) bond motifs is 1. The summed E-state index contributed by atoms with van der Waals surface area (Å²) in [4.78, 5) is 8.39. The minimum absolute atomic E-state index is 0.254. The molecule has 7 heteroatoms. The first-order chi connectivity index (χ1) is 9.22. The molecule has 0 aliphatic carbocycles. The SMILES string of the molecule is Fc1ccc(CSc2nc3ncccn3n2)c(Br)c1. The molecule has 96 valence electrons.